The molecule has 0 aliphatic heterocycles. The number of hydrogen-bond acceptors (Lipinski definition) is 3. The van der Waals surface area contributed by atoms with Crippen LogP contribution in [0.3, 0.4) is 0 Å². The first-order chi connectivity index (χ1) is 9.52. The van der Waals surface area contributed by atoms with E-state index < -0.39 is 6.10 Å². The minimum absolute atomic E-state index is 0.147. The molecule has 0 spiro atoms. The van der Waals surface area contributed by atoms with Gasteiger partial charge in [-0.25, -0.2) is 4.79 Å². The van der Waals surface area contributed by atoms with Gasteiger partial charge in [-0.15, -0.1) is 0 Å². The predicted octanol–water partition coefficient (Wildman–Crippen LogP) is 3.39. The maximum Gasteiger partial charge on any atom is 0.319 e. The Labute approximate surface area is 125 Å². The normalized spacial score (nSPS) is 13.6. The smallest absolute Gasteiger partial charge is 0.319 e. The molecule has 0 heterocycles. The Morgan fingerprint density at radius 1 is 1.40 bits per heavy atom. The average Bonchev–Trinajstić information content (AvgIpc) is 2.39. The van der Waals surface area contributed by atoms with Crippen molar-refractivity contribution < 1.29 is 9.90 Å². The summed E-state index contributed by atoms with van der Waals surface area (Å²) in [5.74, 6) is 2.15. The highest BCUT2D eigenvalue weighted by molar-refractivity contribution is 7.99. The van der Waals surface area contributed by atoms with Gasteiger partial charge >= 0.3 is 6.03 Å². The first kappa shape index (κ1) is 16.9. The van der Waals surface area contributed by atoms with Gasteiger partial charge in [0.15, 0.2) is 0 Å². The Balaban J connectivity index is 2.43. The predicted molar refractivity (Wildman–Crippen MR) is 86.3 cm³/mol. The van der Waals surface area contributed by atoms with Gasteiger partial charge in [-0.3, -0.25) is 0 Å². The molecule has 5 heteroatoms. The summed E-state index contributed by atoms with van der Waals surface area (Å²) in [4.78, 5) is 11.8. The number of amides is 2. The van der Waals surface area contributed by atoms with Crippen molar-refractivity contribution in [1.82, 2.24) is 5.32 Å². The van der Waals surface area contributed by atoms with E-state index in [0.717, 1.165) is 23.5 Å². The zero-order valence-electron chi connectivity index (χ0n) is 12.3. The van der Waals surface area contributed by atoms with Crippen molar-refractivity contribution in [2.24, 2.45) is 0 Å². The third-order valence-electron chi connectivity index (χ3n) is 2.90. The van der Waals surface area contributed by atoms with Gasteiger partial charge in [-0.1, -0.05) is 19.1 Å². The maximum atomic E-state index is 11.8. The Morgan fingerprint density at radius 2 is 2.15 bits per heavy atom. The molecule has 1 aromatic carbocycles. The van der Waals surface area contributed by atoms with Crippen LogP contribution in [-0.4, -0.2) is 28.7 Å². The molecule has 1 aromatic rings. The van der Waals surface area contributed by atoms with E-state index >= 15 is 0 Å². The summed E-state index contributed by atoms with van der Waals surface area (Å²) >= 11 is 1.87. The first-order valence-electron chi connectivity index (χ1n) is 6.96. The number of rotatable bonds is 7. The molecule has 112 valence electrons. The lowest BCUT2D eigenvalue weighted by molar-refractivity contribution is 0.199. The Hall–Kier alpha value is -1.20. The van der Waals surface area contributed by atoms with E-state index in [-0.39, 0.29) is 12.1 Å². The van der Waals surface area contributed by atoms with E-state index in [1.54, 1.807) is 13.0 Å². The summed E-state index contributed by atoms with van der Waals surface area (Å²) in [6.07, 6.45) is 0.421. The molecular formula is C15H24N2O2S. The molecule has 0 aliphatic rings. The molecule has 0 bridgehead atoms. The minimum Gasteiger partial charge on any atom is -0.389 e. The van der Waals surface area contributed by atoms with Crippen LogP contribution in [0.25, 0.3) is 0 Å². The van der Waals surface area contributed by atoms with Crippen molar-refractivity contribution >= 4 is 23.5 Å². The lowest BCUT2D eigenvalue weighted by Gasteiger charge is -2.15. The molecule has 0 fully saturated rings. The Kier molecular flexibility index (Phi) is 7.47. The third kappa shape index (κ3) is 6.30. The van der Waals surface area contributed by atoms with Gasteiger partial charge in [-0.05, 0) is 49.5 Å². The number of urea groups is 1. The molecule has 0 saturated heterocycles. The molecule has 4 nitrogen and oxygen atoms in total. The SMILES string of the molecule is CCSCCC(C)NC(=O)Nc1cccc(C(C)O)c1. The van der Waals surface area contributed by atoms with E-state index in [1.165, 1.54) is 0 Å². The fourth-order valence-electron chi connectivity index (χ4n) is 1.74. The van der Waals surface area contributed by atoms with Gasteiger partial charge in [0.05, 0.1) is 6.10 Å². The number of benzene rings is 1. The highest BCUT2D eigenvalue weighted by Gasteiger charge is 2.08. The maximum absolute atomic E-state index is 11.8. The van der Waals surface area contributed by atoms with Crippen molar-refractivity contribution in [3.05, 3.63) is 29.8 Å². The van der Waals surface area contributed by atoms with Crippen molar-refractivity contribution in [2.75, 3.05) is 16.8 Å². The monoisotopic (exact) mass is 296 g/mol. The summed E-state index contributed by atoms with van der Waals surface area (Å²) < 4.78 is 0. The number of aliphatic hydroxyl groups excluding tert-OH is 1. The number of thioether (sulfide) groups is 1. The van der Waals surface area contributed by atoms with Crippen LogP contribution in [0.5, 0.6) is 0 Å². The largest absolute Gasteiger partial charge is 0.389 e. The van der Waals surface area contributed by atoms with Crippen LogP contribution in [-0.2, 0) is 0 Å². The summed E-state index contributed by atoms with van der Waals surface area (Å²) in [5, 5.41) is 15.2. The van der Waals surface area contributed by atoms with Gasteiger partial charge < -0.3 is 15.7 Å². The average molecular weight is 296 g/mol. The van der Waals surface area contributed by atoms with Crippen LogP contribution in [0.4, 0.5) is 10.5 Å². The zero-order valence-corrected chi connectivity index (χ0v) is 13.2. The molecule has 0 radical (unpaired) electrons. The summed E-state index contributed by atoms with van der Waals surface area (Å²) in [6, 6.07) is 7.18. The van der Waals surface area contributed by atoms with E-state index in [1.807, 2.05) is 36.9 Å². The fraction of sp³-hybridized carbons (Fsp3) is 0.533. The molecule has 1 rings (SSSR count). The van der Waals surface area contributed by atoms with Gasteiger partial charge in [0.1, 0.15) is 0 Å². The summed E-state index contributed by atoms with van der Waals surface area (Å²) in [5.41, 5.74) is 1.48. The molecule has 0 aliphatic carbocycles. The second-order valence-corrected chi connectivity index (χ2v) is 6.18. The minimum atomic E-state index is -0.537. The second kappa shape index (κ2) is 8.87. The molecule has 0 aromatic heterocycles. The number of carbonyl (C=O) groups excluding carboxylic acids is 1. The van der Waals surface area contributed by atoms with Gasteiger partial charge in [0, 0.05) is 11.7 Å². The molecule has 2 amide bonds. The van der Waals surface area contributed by atoms with Crippen LogP contribution in [0.1, 0.15) is 38.9 Å². The zero-order chi connectivity index (χ0) is 15.0. The molecule has 3 N–H and O–H groups in total. The quantitative estimate of drug-likeness (QED) is 0.676. The number of carbonyl (C=O) groups is 1. The van der Waals surface area contributed by atoms with Crippen LogP contribution in [0.2, 0.25) is 0 Å². The highest BCUT2D eigenvalue weighted by atomic mass is 32.2. The number of anilines is 1. The number of aliphatic hydroxyl groups is 1. The summed E-state index contributed by atoms with van der Waals surface area (Å²) in [7, 11) is 0. The number of hydrogen-bond donors (Lipinski definition) is 3. The molecular weight excluding hydrogens is 272 g/mol. The van der Waals surface area contributed by atoms with Gasteiger partial charge in [0.2, 0.25) is 0 Å². The second-order valence-electron chi connectivity index (χ2n) is 4.79. The van der Waals surface area contributed by atoms with Crippen molar-refractivity contribution in [3.8, 4) is 0 Å². The van der Waals surface area contributed by atoms with Crippen LogP contribution < -0.4 is 10.6 Å². The lowest BCUT2D eigenvalue weighted by atomic mass is 10.1. The van der Waals surface area contributed by atoms with Crippen molar-refractivity contribution in [1.29, 1.82) is 0 Å². The van der Waals surface area contributed by atoms with E-state index in [0.29, 0.717) is 5.69 Å². The summed E-state index contributed by atoms with van der Waals surface area (Å²) in [6.45, 7) is 5.83. The van der Waals surface area contributed by atoms with Gasteiger partial charge in [0.25, 0.3) is 0 Å². The Morgan fingerprint density at radius 3 is 2.80 bits per heavy atom. The highest BCUT2D eigenvalue weighted by Crippen LogP contribution is 2.16. The Bertz CT molecular complexity index is 424. The molecule has 20 heavy (non-hydrogen) atoms. The molecule has 2 atom stereocenters. The van der Waals surface area contributed by atoms with Gasteiger partial charge in [-0.2, -0.15) is 11.8 Å². The van der Waals surface area contributed by atoms with Crippen molar-refractivity contribution in [2.45, 2.75) is 39.3 Å². The van der Waals surface area contributed by atoms with Crippen LogP contribution in [0.15, 0.2) is 24.3 Å². The molecule has 0 saturated carbocycles. The number of nitrogens with one attached hydrogen (secondary N) is 2. The standard InChI is InChI=1S/C15H24N2O2S/c1-4-20-9-8-11(2)16-15(19)17-14-7-5-6-13(10-14)12(3)18/h5-7,10-12,18H,4,8-9H2,1-3H3,(H2,16,17,19). The lowest BCUT2D eigenvalue weighted by Crippen LogP contribution is -2.36. The van der Waals surface area contributed by atoms with Crippen molar-refractivity contribution in [3.63, 3.8) is 0 Å². The van der Waals surface area contributed by atoms with Crippen LogP contribution in [0, 0.1) is 0 Å². The fourth-order valence-corrected chi connectivity index (χ4v) is 2.55. The van der Waals surface area contributed by atoms with E-state index in [2.05, 4.69) is 17.6 Å². The van der Waals surface area contributed by atoms with Crippen LogP contribution >= 0.6 is 11.8 Å². The van der Waals surface area contributed by atoms with E-state index in [9.17, 15) is 9.90 Å². The van der Waals surface area contributed by atoms with E-state index in [4.69, 9.17) is 0 Å². The third-order valence-corrected chi connectivity index (χ3v) is 3.84. The molecule has 2 unspecified atom stereocenters. The first-order valence-corrected chi connectivity index (χ1v) is 8.11. The topological polar surface area (TPSA) is 61.4 Å².